The molecule has 1 saturated heterocycles. The number of carbonyl (C=O) groups excluding carboxylic acids is 2. The Bertz CT molecular complexity index is 566. The highest BCUT2D eigenvalue weighted by Gasteiger charge is 2.45. The molecule has 1 fully saturated rings. The van der Waals surface area contributed by atoms with E-state index in [1.54, 1.807) is 20.8 Å². The quantitative estimate of drug-likeness (QED) is 0.214. The Balaban J connectivity index is 2.77. The lowest BCUT2D eigenvalue weighted by Crippen LogP contribution is -2.42. The maximum atomic E-state index is 13.2. The molecule has 2 unspecified atom stereocenters. The molecule has 0 aromatic rings. The van der Waals surface area contributed by atoms with Crippen LogP contribution in [0.4, 0.5) is 0 Å². The van der Waals surface area contributed by atoms with Gasteiger partial charge in [0.05, 0.1) is 12.0 Å². The summed E-state index contributed by atoms with van der Waals surface area (Å²) in [4.78, 5) is 24.1. The summed E-state index contributed by atoms with van der Waals surface area (Å²) in [6.07, 6.45) is 0.661. The first kappa shape index (κ1) is 24.0. The van der Waals surface area contributed by atoms with Crippen LogP contribution in [0.25, 0.3) is 0 Å². The number of piperidine rings is 1. The van der Waals surface area contributed by atoms with Crippen molar-refractivity contribution >= 4 is 19.5 Å². The van der Waals surface area contributed by atoms with Crippen molar-refractivity contribution in [3.05, 3.63) is 0 Å². The van der Waals surface area contributed by atoms with E-state index in [0.29, 0.717) is 18.1 Å². The molecule has 158 valence electrons. The van der Waals surface area contributed by atoms with Crippen LogP contribution in [0.3, 0.4) is 0 Å². The smallest absolute Gasteiger partial charge is 0.348 e. The van der Waals surface area contributed by atoms with E-state index in [2.05, 4.69) is 0 Å². The molecule has 27 heavy (non-hydrogen) atoms. The molecule has 0 bridgehead atoms. The summed E-state index contributed by atoms with van der Waals surface area (Å²) in [6, 6.07) is 0. The second-order valence-corrected chi connectivity index (χ2v) is 11.0. The first-order chi connectivity index (χ1) is 12.3. The highest BCUT2D eigenvalue weighted by molar-refractivity contribution is 7.55. The number of nitrogens with zero attached hydrogens (tertiary/aromatic N) is 1. The first-order valence-corrected chi connectivity index (χ1v) is 10.5. The molecule has 9 nitrogen and oxygen atoms in total. The van der Waals surface area contributed by atoms with Crippen molar-refractivity contribution < 1.29 is 37.9 Å². The monoisotopic (exact) mass is 409 g/mol. The first-order valence-electron chi connectivity index (χ1n) is 8.90. The molecule has 0 aliphatic carbocycles. The second kappa shape index (κ2) is 9.47. The predicted octanol–water partition coefficient (Wildman–Crippen LogP) is 3.16. The van der Waals surface area contributed by atoms with Crippen LogP contribution in [0, 0.1) is 10.8 Å². The second-order valence-electron chi connectivity index (χ2n) is 8.74. The summed E-state index contributed by atoms with van der Waals surface area (Å²) in [7, 11) is -4.03. The number of esters is 1. The fraction of sp³-hybridized carbons (Fsp3) is 0.882. The van der Waals surface area contributed by atoms with Gasteiger partial charge >= 0.3 is 13.6 Å². The van der Waals surface area contributed by atoms with E-state index in [4.69, 9.17) is 18.5 Å². The van der Waals surface area contributed by atoms with Crippen molar-refractivity contribution in [1.82, 2.24) is 5.06 Å². The number of hydroxylamine groups is 2. The van der Waals surface area contributed by atoms with Gasteiger partial charge in [0.25, 0.3) is 5.91 Å². The van der Waals surface area contributed by atoms with Crippen LogP contribution in [0.15, 0.2) is 0 Å². The third kappa shape index (κ3) is 7.87. The highest BCUT2D eigenvalue weighted by Crippen LogP contribution is 2.56. The molecular weight excluding hydrogens is 377 g/mol. The van der Waals surface area contributed by atoms with Gasteiger partial charge in [-0.25, -0.2) is 5.06 Å². The van der Waals surface area contributed by atoms with Crippen LogP contribution >= 0.6 is 7.60 Å². The average molecular weight is 409 g/mol. The number of carbonyl (C=O) groups is 2. The van der Waals surface area contributed by atoms with E-state index in [1.807, 2.05) is 20.8 Å². The van der Waals surface area contributed by atoms with Crippen molar-refractivity contribution in [2.45, 2.75) is 60.0 Å². The molecule has 0 spiro atoms. The van der Waals surface area contributed by atoms with E-state index < -0.39 is 37.3 Å². The standard InChI is InChI=1S/C17H32NO8P/c1-16(2,3)10-23-11-25-27(22,13-8-7-9-18(21)14(13)19)26-12-24-15(20)17(4,5)6/h13,21H,7-12H2,1-6H3. The third-order valence-corrected chi connectivity index (χ3v) is 5.83. The Labute approximate surface area is 160 Å². The minimum absolute atomic E-state index is 0.126. The summed E-state index contributed by atoms with van der Waals surface area (Å²) >= 11 is 0. The topological polar surface area (TPSA) is 112 Å². The Morgan fingerprint density at radius 1 is 1.19 bits per heavy atom. The van der Waals surface area contributed by atoms with Crippen molar-refractivity contribution in [1.29, 1.82) is 0 Å². The number of hydrogen-bond acceptors (Lipinski definition) is 8. The Morgan fingerprint density at radius 2 is 1.78 bits per heavy atom. The maximum Gasteiger partial charge on any atom is 0.348 e. The Hall–Kier alpha value is -0.990. The van der Waals surface area contributed by atoms with E-state index in [0.717, 1.165) is 0 Å². The molecule has 1 aliphatic rings. The Morgan fingerprint density at radius 3 is 2.33 bits per heavy atom. The van der Waals surface area contributed by atoms with Gasteiger partial charge in [-0.15, -0.1) is 0 Å². The molecule has 1 N–H and O–H groups in total. The van der Waals surface area contributed by atoms with Gasteiger partial charge in [-0.1, -0.05) is 20.8 Å². The van der Waals surface area contributed by atoms with Crippen LogP contribution in [0.1, 0.15) is 54.4 Å². The average Bonchev–Trinajstić information content (AvgIpc) is 2.52. The van der Waals surface area contributed by atoms with Gasteiger partial charge < -0.3 is 9.47 Å². The number of hydrogen-bond donors (Lipinski definition) is 1. The summed E-state index contributed by atoms with van der Waals surface area (Å²) in [5.41, 5.74) is -2.06. The maximum absolute atomic E-state index is 13.2. The molecule has 10 heteroatoms. The molecule has 0 aromatic carbocycles. The summed E-state index contributed by atoms with van der Waals surface area (Å²) in [5, 5.41) is 10.1. The van der Waals surface area contributed by atoms with Crippen LogP contribution in [0.5, 0.6) is 0 Å². The SMILES string of the molecule is CC(C)(C)COCOP(=O)(OCOC(=O)C(C)(C)C)C1CCCN(O)C1=O. The number of ether oxygens (including phenoxy) is 2. The normalized spacial score (nSPS) is 21.1. The third-order valence-electron chi connectivity index (χ3n) is 3.65. The van der Waals surface area contributed by atoms with Crippen LogP contribution in [-0.4, -0.2) is 54.5 Å². The number of amides is 1. The summed E-state index contributed by atoms with van der Waals surface area (Å²) in [5.74, 6) is -1.29. The van der Waals surface area contributed by atoms with E-state index in [-0.39, 0.29) is 25.2 Å². The van der Waals surface area contributed by atoms with E-state index in [1.165, 1.54) is 0 Å². The lowest BCUT2D eigenvalue weighted by molar-refractivity contribution is -0.170. The van der Waals surface area contributed by atoms with Crippen LogP contribution in [0.2, 0.25) is 0 Å². The van der Waals surface area contributed by atoms with Gasteiger partial charge in [-0.3, -0.25) is 28.4 Å². The number of rotatable bonds is 8. The van der Waals surface area contributed by atoms with Crippen LogP contribution in [-0.2, 0) is 32.7 Å². The minimum atomic E-state index is -4.03. The van der Waals surface area contributed by atoms with Gasteiger partial charge in [0.2, 0.25) is 6.79 Å². The summed E-state index contributed by atoms with van der Waals surface area (Å²) in [6.45, 7) is 10.4. The molecule has 1 amide bonds. The van der Waals surface area contributed by atoms with E-state index in [9.17, 15) is 19.4 Å². The fourth-order valence-corrected chi connectivity index (χ4v) is 3.94. The zero-order valence-corrected chi connectivity index (χ0v) is 17.9. The van der Waals surface area contributed by atoms with Gasteiger partial charge in [0, 0.05) is 6.54 Å². The zero-order valence-electron chi connectivity index (χ0n) is 17.0. The molecular formula is C17H32NO8P. The highest BCUT2D eigenvalue weighted by atomic mass is 31.2. The Kier molecular flexibility index (Phi) is 8.44. The largest absolute Gasteiger partial charge is 0.438 e. The van der Waals surface area contributed by atoms with Gasteiger partial charge in [-0.05, 0) is 39.0 Å². The lowest BCUT2D eigenvalue weighted by Gasteiger charge is -2.32. The van der Waals surface area contributed by atoms with Gasteiger partial charge in [0.1, 0.15) is 5.66 Å². The molecule has 1 aliphatic heterocycles. The molecule has 1 heterocycles. The molecule has 0 aromatic heterocycles. The lowest BCUT2D eigenvalue weighted by atomic mass is 9.98. The van der Waals surface area contributed by atoms with Crippen molar-refractivity contribution in [3.8, 4) is 0 Å². The zero-order chi connectivity index (χ0) is 20.9. The minimum Gasteiger partial charge on any atom is -0.438 e. The van der Waals surface area contributed by atoms with E-state index >= 15 is 0 Å². The van der Waals surface area contributed by atoms with Gasteiger partial charge in [0.15, 0.2) is 6.79 Å². The molecule has 1 rings (SSSR count). The van der Waals surface area contributed by atoms with Crippen LogP contribution < -0.4 is 0 Å². The molecule has 2 atom stereocenters. The van der Waals surface area contributed by atoms with Gasteiger partial charge in [-0.2, -0.15) is 0 Å². The fourth-order valence-electron chi connectivity index (χ4n) is 2.18. The van der Waals surface area contributed by atoms with Crippen molar-refractivity contribution in [2.24, 2.45) is 10.8 Å². The summed E-state index contributed by atoms with van der Waals surface area (Å²) < 4.78 is 34.1. The predicted molar refractivity (Wildman–Crippen MR) is 97.0 cm³/mol. The van der Waals surface area contributed by atoms with Crippen molar-refractivity contribution in [2.75, 3.05) is 26.7 Å². The molecule has 0 radical (unpaired) electrons. The molecule has 0 saturated carbocycles. The van der Waals surface area contributed by atoms with Crippen molar-refractivity contribution in [3.63, 3.8) is 0 Å².